The number of ether oxygens (including phenoxy) is 1. The van der Waals surface area contributed by atoms with Crippen LogP contribution in [0.4, 0.5) is 16.4 Å². The minimum atomic E-state index is -0.554. The number of amides is 1. The minimum absolute atomic E-state index is 0.164. The summed E-state index contributed by atoms with van der Waals surface area (Å²) in [6.45, 7) is 2.01. The zero-order valence-electron chi connectivity index (χ0n) is 11.6. The summed E-state index contributed by atoms with van der Waals surface area (Å²) < 4.78 is 10.4. The first-order valence-electron chi connectivity index (χ1n) is 6.20. The Labute approximate surface area is 115 Å². The van der Waals surface area contributed by atoms with Gasteiger partial charge in [0, 0.05) is 25.8 Å². The van der Waals surface area contributed by atoms with E-state index < -0.39 is 6.09 Å². The molecule has 1 aromatic heterocycles. The van der Waals surface area contributed by atoms with E-state index in [0.717, 1.165) is 0 Å². The van der Waals surface area contributed by atoms with E-state index in [4.69, 9.17) is 9.15 Å². The highest BCUT2D eigenvalue weighted by Gasteiger charge is 2.08. The molecule has 20 heavy (non-hydrogen) atoms. The van der Waals surface area contributed by atoms with E-state index in [-0.39, 0.29) is 12.0 Å². The number of hydrogen-bond donors (Lipinski definition) is 1. The molecule has 0 bridgehead atoms. The van der Waals surface area contributed by atoms with Gasteiger partial charge in [0.05, 0.1) is 12.0 Å². The van der Waals surface area contributed by atoms with Gasteiger partial charge in [0.1, 0.15) is 5.58 Å². The Bertz CT molecular complexity index is 691. The molecule has 6 heteroatoms. The molecule has 0 spiro atoms. The average Bonchev–Trinajstić information content (AvgIpc) is 2.39. The van der Waals surface area contributed by atoms with Gasteiger partial charge in [-0.25, -0.2) is 4.79 Å². The van der Waals surface area contributed by atoms with Gasteiger partial charge in [-0.1, -0.05) is 0 Å². The van der Waals surface area contributed by atoms with Crippen molar-refractivity contribution >= 4 is 28.6 Å². The molecule has 106 valence electrons. The summed E-state index contributed by atoms with van der Waals surface area (Å²) in [5.74, 6) is 0.480. The summed E-state index contributed by atoms with van der Waals surface area (Å²) in [6, 6.07) is 6.28. The second-order valence-electron chi connectivity index (χ2n) is 4.40. The molecule has 2 aromatic rings. The Morgan fingerprint density at radius 2 is 2.10 bits per heavy atom. The van der Waals surface area contributed by atoms with Gasteiger partial charge in [-0.2, -0.15) is 0 Å². The number of nitrogens with zero attached hydrogens (tertiary/aromatic N) is 1. The molecule has 1 heterocycles. The van der Waals surface area contributed by atoms with Gasteiger partial charge in [0.25, 0.3) is 0 Å². The molecule has 0 fully saturated rings. The van der Waals surface area contributed by atoms with Crippen LogP contribution < -0.4 is 15.6 Å². The van der Waals surface area contributed by atoms with Crippen LogP contribution in [0.1, 0.15) is 6.92 Å². The maximum Gasteiger partial charge on any atom is 0.411 e. The predicted molar refractivity (Wildman–Crippen MR) is 77.5 cm³/mol. The van der Waals surface area contributed by atoms with E-state index >= 15 is 0 Å². The number of carbonyl (C=O) groups excluding carboxylic acids is 1. The molecule has 0 aliphatic heterocycles. The van der Waals surface area contributed by atoms with Crippen molar-refractivity contribution in [3.8, 4) is 0 Å². The molecule has 2 rings (SSSR count). The quantitative estimate of drug-likeness (QED) is 0.932. The summed E-state index contributed by atoms with van der Waals surface area (Å²) in [5, 5.41) is 2.95. The van der Waals surface area contributed by atoms with E-state index in [0.29, 0.717) is 22.5 Å². The first-order chi connectivity index (χ1) is 9.51. The van der Waals surface area contributed by atoms with Crippen LogP contribution in [0.2, 0.25) is 0 Å². The van der Waals surface area contributed by atoms with Crippen LogP contribution in [0.25, 0.3) is 11.0 Å². The topological polar surface area (TPSA) is 71.8 Å². The lowest BCUT2D eigenvalue weighted by Gasteiger charge is -2.11. The smallest absolute Gasteiger partial charge is 0.411 e. The Morgan fingerprint density at radius 1 is 1.35 bits per heavy atom. The van der Waals surface area contributed by atoms with Crippen LogP contribution >= 0.6 is 0 Å². The summed E-state index contributed by atoms with van der Waals surface area (Å²) >= 11 is 0. The van der Waals surface area contributed by atoms with Crippen LogP contribution in [-0.2, 0) is 4.74 Å². The first kappa shape index (κ1) is 13.9. The summed E-state index contributed by atoms with van der Waals surface area (Å²) in [6.07, 6.45) is -0.554. The zero-order chi connectivity index (χ0) is 14.7. The normalized spacial score (nSPS) is 10.3. The summed E-state index contributed by atoms with van der Waals surface area (Å²) in [4.78, 5) is 25.1. The SMILES string of the molecule is CCOC(=O)Nc1ccc2oc(N(C)C)cc(=O)c2c1. The van der Waals surface area contributed by atoms with Crippen LogP contribution in [-0.4, -0.2) is 26.8 Å². The highest BCUT2D eigenvalue weighted by Crippen LogP contribution is 2.20. The molecule has 1 amide bonds. The van der Waals surface area contributed by atoms with Crippen molar-refractivity contribution in [2.75, 3.05) is 30.9 Å². The molecule has 0 aliphatic carbocycles. The highest BCUT2D eigenvalue weighted by molar-refractivity contribution is 5.89. The second kappa shape index (κ2) is 5.64. The molecule has 0 saturated heterocycles. The molecule has 6 nitrogen and oxygen atoms in total. The first-order valence-corrected chi connectivity index (χ1v) is 6.20. The van der Waals surface area contributed by atoms with E-state index in [1.165, 1.54) is 6.07 Å². The zero-order valence-corrected chi connectivity index (χ0v) is 11.6. The van der Waals surface area contributed by atoms with Crippen LogP contribution in [0.15, 0.2) is 33.5 Å². The molecule has 0 aliphatic rings. The highest BCUT2D eigenvalue weighted by atomic mass is 16.5. The van der Waals surface area contributed by atoms with E-state index in [1.54, 1.807) is 44.1 Å². The van der Waals surface area contributed by atoms with Crippen molar-refractivity contribution in [1.82, 2.24) is 0 Å². The molecular formula is C14H16N2O4. The van der Waals surface area contributed by atoms with Crippen molar-refractivity contribution < 1.29 is 13.9 Å². The number of carbonyl (C=O) groups is 1. The van der Waals surface area contributed by atoms with Gasteiger partial charge in [0.15, 0.2) is 11.3 Å². The Hall–Kier alpha value is -2.50. The maximum absolute atomic E-state index is 12.0. The fourth-order valence-electron chi connectivity index (χ4n) is 1.73. The Balaban J connectivity index is 2.40. The average molecular weight is 276 g/mol. The van der Waals surface area contributed by atoms with Gasteiger partial charge < -0.3 is 14.1 Å². The molecule has 1 N–H and O–H groups in total. The third-order valence-electron chi connectivity index (χ3n) is 2.68. The van der Waals surface area contributed by atoms with E-state index in [1.807, 2.05) is 0 Å². The van der Waals surface area contributed by atoms with Crippen molar-refractivity contribution in [2.45, 2.75) is 6.92 Å². The van der Waals surface area contributed by atoms with Gasteiger partial charge in [-0.05, 0) is 25.1 Å². The number of nitrogens with one attached hydrogen (secondary N) is 1. The largest absolute Gasteiger partial charge is 0.450 e. The van der Waals surface area contributed by atoms with Crippen molar-refractivity contribution in [3.05, 3.63) is 34.5 Å². The number of rotatable bonds is 3. The van der Waals surface area contributed by atoms with Gasteiger partial charge in [0.2, 0.25) is 0 Å². The van der Waals surface area contributed by atoms with Crippen molar-refractivity contribution in [2.24, 2.45) is 0 Å². The number of benzene rings is 1. The number of anilines is 2. The molecular weight excluding hydrogens is 260 g/mol. The summed E-state index contributed by atoms with van der Waals surface area (Å²) in [5.41, 5.74) is 0.791. The fourth-order valence-corrected chi connectivity index (χ4v) is 1.73. The third kappa shape index (κ3) is 2.90. The standard InChI is InChI=1S/C14H16N2O4/c1-4-19-14(18)15-9-5-6-12-10(7-9)11(17)8-13(20-12)16(2)3/h5-8H,4H2,1-3H3,(H,15,18). The lowest BCUT2D eigenvalue weighted by molar-refractivity contribution is 0.168. The molecule has 0 saturated carbocycles. The van der Waals surface area contributed by atoms with Gasteiger partial charge in [-0.15, -0.1) is 0 Å². The molecule has 0 unspecified atom stereocenters. The van der Waals surface area contributed by atoms with Crippen molar-refractivity contribution in [3.63, 3.8) is 0 Å². The molecule has 0 atom stereocenters. The number of fused-ring (bicyclic) bond motifs is 1. The minimum Gasteiger partial charge on any atom is -0.450 e. The van der Waals surface area contributed by atoms with Gasteiger partial charge >= 0.3 is 6.09 Å². The lowest BCUT2D eigenvalue weighted by atomic mass is 10.2. The summed E-state index contributed by atoms with van der Waals surface area (Å²) in [7, 11) is 3.58. The third-order valence-corrected chi connectivity index (χ3v) is 2.68. The lowest BCUT2D eigenvalue weighted by Crippen LogP contribution is -2.14. The predicted octanol–water partition coefficient (Wildman–Crippen LogP) is 2.43. The van der Waals surface area contributed by atoms with E-state index in [9.17, 15) is 9.59 Å². The van der Waals surface area contributed by atoms with Crippen molar-refractivity contribution in [1.29, 1.82) is 0 Å². The van der Waals surface area contributed by atoms with E-state index in [2.05, 4.69) is 5.32 Å². The Morgan fingerprint density at radius 3 is 2.75 bits per heavy atom. The van der Waals surface area contributed by atoms with Crippen LogP contribution in [0, 0.1) is 0 Å². The fraction of sp³-hybridized carbons (Fsp3) is 0.286. The number of hydrogen-bond acceptors (Lipinski definition) is 5. The van der Waals surface area contributed by atoms with Gasteiger partial charge in [-0.3, -0.25) is 10.1 Å². The second-order valence-corrected chi connectivity index (χ2v) is 4.40. The van der Waals surface area contributed by atoms with Crippen LogP contribution in [0.5, 0.6) is 0 Å². The van der Waals surface area contributed by atoms with Crippen LogP contribution in [0.3, 0.4) is 0 Å². The molecule has 1 aromatic carbocycles. The monoisotopic (exact) mass is 276 g/mol. The Kier molecular flexibility index (Phi) is 3.93. The maximum atomic E-state index is 12.0. The molecule has 0 radical (unpaired) electrons.